The van der Waals surface area contributed by atoms with Crippen molar-refractivity contribution >= 4 is 0 Å². The number of hydrogen-bond acceptors (Lipinski definition) is 3. The fourth-order valence-electron chi connectivity index (χ4n) is 1.34. The molecule has 1 rings (SSSR count). The van der Waals surface area contributed by atoms with E-state index in [1.54, 1.807) is 0 Å². The quantitative estimate of drug-likeness (QED) is 0.655. The van der Waals surface area contributed by atoms with E-state index < -0.39 is 5.60 Å². The molecule has 3 heteroatoms. The Balaban J connectivity index is 2.78. The van der Waals surface area contributed by atoms with Crippen molar-refractivity contribution in [2.75, 3.05) is 13.2 Å². The fraction of sp³-hybridized carbons (Fsp3) is 0.778. The zero-order valence-electron chi connectivity index (χ0n) is 7.71. The van der Waals surface area contributed by atoms with Crippen LogP contribution in [0.25, 0.3) is 0 Å². The summed E-state index contributed by atoms with van der Waals surface area (Å²) >= 11 is 0. The van der Waals surface area contributed by atoms with Crippen LogP contribution in [0.2, 0.25) is 0 Å². The molecular weight excluding hydrogens is 154 g/mol. The molecule has 3 nitrogen and oxygen atoms in total. The van der Waals surface area contributed by atoms with Crippen LogP contribution in [0.5, 0.6) is 0 Å². The molecule has 0 fully saturated rings. The summed E-state index contributed by atoms with van der Waals surface area (Å²) < 4.78 is 5.30. The fourth-order valence-corrected chi connectivity index (χ4v) is 1.34. The molecule has 0 radical (unpaired) electrons. The molecule has 1 aliphatic rings. The van der Waals surface area contributed by atoms with Gasteiger partial charge in [-0.3, -0.25) is 0 Å². The van der Waals surface area contributed by atoms with Gasteiger partial charge in [-0.05, 0) is 12.0 Å². The Morgan fingerprint density at radius 1 is 1.75 bits per heavy atom. The first-order valence-electron chi connectivity index (χ1n) is 4.37. The van der Waals surface area contributed by atoms with Crippen LogP contribution in [-0.4, -0.2) is 23.9 Å². The predicted octanol–water partition coefficient (Wildman–Crippen LogP) is 0.636. The molecule has 0 bridgehead atoms. The highest BCUT2D eigenvalue weighted by Crippen LogP contribution is 2.28. The molecule has 0 saturated heterocycles. The molecule has 0 amide bonds. The molecule has 0 aromatic rings. The minimum absolute atomic E-state index is 0.0897. The van der Waals surface area contributed by atoms with E-state index in [4.69, 9.17) is 10.5 Å². The average Bonchev–Trinajstić information content (AvgIpc) is 2.54. The summed E-state index contributed by atoms with van der Waals surface area (Å²) in [5, 5.41) is 10.1. The highest BCUT2D eigenvalue weighted by Gasteiger charge is 2.36. The Morgan fingerprint density at radius 3 is 2.75 bits per heavy atom. The van der Waals surface area contributed by atoms with Crippen molar-refractivity contribution in [2.45, 2.75) is 25.9 Å². The molecule has 0 aromatic carbocycles. The van der Waals surface area contributed by atoms with Crippen molar-refractivity contribution in [1.29, 1.82) is 0 Å². The first kappa shape index (κ1) is 9.55. The van der Waals surface area contributed by atoms with Gasteiger partial charge in [0.25, 0.3) is 0 Å². The molecule has 1 atom stereocenters. The molecule has 1 heterocycles. The van der Waals surface area contributed by atoms with Gasteiger partial charge in [0.2, 0.25) is 0 Å². The van der Waals surface area contributed by atoms with E-state index >= 15 is 0 Å². The van der Waals surface area contributed by atoms with E-state index in [1.165, 1.54) is 0 Å². The number of ether oxygens (including phenoxy) is 1. The Kier molecular flexibility index (Phi) is 2.75. The smallest absolute Gasteiger partial charge is 0.135 e. The SMILES string of the molecule is CC(C)C(O)(CN)C1=CCCO1. The van der Waals surface area contributed by atoms with E-state index in [0.29, 0.717) is 12.4 Å². The highest BCUT2D eigenvalue weighted by atomic mass is 16.5. The summed E-state index contributed by atoms with van der Waals surface area (Å²) in [4.78, 5) is 0. The maximum atomic E-state index is 10.1. The lowest BCUT2D eigenvalue weighted by Gasteiger charge is -2.31. The van der Waals surface area contributed by atoms with Crippen LogP contribution in [0.3, 0.4) is 0 Å². The van der Waals surface area contributed by atoms with Gasteiger partial charge in [0.05, 0.1) is 6.61 Å². The zero-order chi connectivity index (χ0) is 9.19. The van der Waals surface area contributed by atoms with Gasteiger partial charge < -0.3 is 15.6 Å². The molecule has 1 aliphatic heterocycles. The summed E-state index contributed by atoms with van der Waals surface area (Å²) in [5.74, 6) is 0.742. The molecule has 1 unspecified atom stereocenters. The van der Waals surface area contributed by atoms with Crippen molar-refractivity contribution in [3.05, 3.63) is 11.8 Å². The number of rotatable bonds is 3. The molecular formula is C9H17NO2. The second-order valence-corrected chi connectivity index (χ2v) is 3.49. The van der Waals surface area contributed by atoms with E-state index in [9.17, 15) is 5.11 Å². The Bertz CT molecular complexity index is 189. The number of nitrogens with two attached hydrogens (primary N) is 1. The Hall–Kier alpha value is -0.540. The normalized spacial score (nSPS) is 21.9. The topological polar surface area (TPSA) is 55.5 Å². The maximum absolute atomic E-state index is 10.1. The summed E-state index contributed by atoms with van der Waals surface area (Å²) in [5.41, 5.74) is 4.56. The summed E-state index contributed by atoms with van der Waals surface area (Å²) in [6.45, 7) is 4.77. The standard InChI is InChI=1S/C9H17NO2/c1-7(2)9(11,6-10)8-4-3-5-12-8/h4,7,11H,3,5-6,10H2,1-2H3. The third kappa shape index (κ3) is 1.47. The van der Waals surface area contributed by atoms with Crippen LogP contribution in [0, 0.1) is 5.92 Å². The summed E-state index contributed by atoms with van der Waals surface area (Å²) in [6.07, 6.45) is 2.80. The van der Waals surface area contributed by atoms with Gasteiger partial charge in [-0.15, -0.1) is 0 Å². The van der Waals surface area contributed by atoms with Crippen molar-refractivity contribution in [2.24, 2.45) is 11.7 Å². The second kappa shape index (κ2) is 3.46. The third-order valence-electron chi connectivity index (χ3n) is 2.40. The first-order valence-corrected chi connectivity index (χ1v) is 4.37. The Morgan fingerprint density at radius 2 is 2.42 bits per heavy atom. The molecule has 0 spiro atoms. The van der Waals surface area contributed by atoms with Crippen molar-refractivity contribution in [3.63, 3.8) is 0 Å². The zero-order valence-corrected chi connectivity index (χ0v) is 7.71. The van der Waals surface area contributed by atoms with Gasteiger partial charge in [-0.2, -0.15) is 0 Å². The van der Waals surface area contributed by atoms with Gasteiger partial charge in [-0.1, -0.05) is 13.8 Å². The Labute approximate surface area is 73.2 Å². The van der Waals surface area contributed by atoms with Crippen molar-refractivity contribution in [3.8, 4) is 0 Å². The lowest BCUT2D eigenvalue weighted by Crippen LogP contribution is -2.44. The molecule has 12 heavy (non-hydrogen) atoms. The highest BCUT2D eigenvalue weighted by molar-refractivity contribution is 5.15. The minimum Gasteiger partial charge on any atom is -0.495 e. The van der Waals surface area contributed by atoms with Crippen LogP contribution in [0.15, 0.2) is 11.8 Å². The summed E-state index contributed by atoms with van der Waals surface area (Å²) in [6, 6.07) is 0. The van der Waals surface area contributed by atoms with Gasteiger partial charge in [-0.25, -0.2) is 0 Å². The van der Waals surface area contributed by atoms with Crippen LogP contribution < -0.4 is 5.73 Å². The summed E-state index contributed by atoms with van der Waals surface area (Å²) in [7, 11) is 0. The largest absolute Gasteiger partial charge is 0.495 e. The maximum Gasteiger partial charge on any atom is 0.135 e. The lowest BCUT2D eigenvalue weighted by molar-refractivity contribution is -0.0102. The van der Waals surface area contributed by atoms with Gasteiger partial charge in [0, 0.05) is 13.0 Å². The van der Waals surface area contributed by atoms with Crippen molar-refractivity contribution in [1.82, 2.24) is 0 Å². The predicted molar refractivity (Wildman–Crippen MR) is 47.5 cm³/mol. The average molecular weight is 171 g/mol. The number of aliphatic hydroxyl groups is 1. The third-order valence-corrected chi connectivity index (χ3v) is 2.40. The van der Waals surface area contributed by atoms with Crippen molar-refractivity contribution < 1.29 is 9.84 Å². The van der Waals surface area contributed by atoms with Crippen LogP contribution >= 0.6 is 0 Å². The second-order valence-electron chi connectivity index (χ2n) is 3.49. The van der Waals surface area contributed by atoms with E-state index in [1.807, 2.05) is 19.9 Å². The monoisotopic (exact) mass is 171 g/mol. The van der Waals surface area contributed by atoms with E-state index in [-0.39, 0.29) is 12.5 Å². The minimum atomic E-state index is -0.962. The van der Waals surface area contributed by atoms with Crippen LogP contribution in [0.4, 0.5) is 0 Å². The van der Waals surface area contributed by atoms with Gasteiger partial charge >= 0.3 is 0 Å². The van der Waals surface area contributed by atoms with Gasteiger partial charge in [0.1, 0.15) is 11.4 Å². The lowest BCUT2D eigenvalue weighted by atomic mass is 9.88. The molecule has 0 aromatic heterocycles. The molecule has 0 aliphatic carbocycles. The van der Waals surface area contributed by atoms with E-state index in [0.717, 1.165) is 6.42 Å². The van der Waals surface area contributed by atoms with Crippen LogP contribution in [-0.2, 0) is 4.74 Å². The van der Waals surface area contributed by atoms with Gasteiger partial charge in [0.15, 0.2) is 0 Å². The van der Waals surface area contributed by atoms with E-state index in [2.05, 4.69) is 0 Å². The first-order chi connectivity index (χ1) is 5.61. The molecule has 0 saturated carbocycles. The molecule has 3 N–H and O–H groups in total. The van der Waals surface area contributed by atoms with Crippen LogP contribution in [0.1, 0.15) is 20.3 Å². The molecule has 70 valence electrons. The number of hydrogen-bond donors (Lipinski definition) is 2.